The largest absolute Gasteiger partial charge is 0.354 e. The van der Waals surface area contributed by atoms with E-state index in [1.165, 1.54) is 25.0 Å². The van der Waals surface area contributed by atoms with Gasteiger partial charge < -0.3 is 4.90 Å². The van der Waals surface area contributed by atoms with Crippen LogP contribution in [0.3, 0.4) is 0 Å². The Morgan fingerprint density at radius 3 is 2.52 bits per heavy atom. The highest BCUT2D eigenvalue weighted by atomic mass is 19.1. The summed E-state index contributed by atoms with van der Waals surface area (Å²) < 4.78 is 27.1. The van der Waals surface area contributed by atoms with Crippen LogP contribution in [0.1, 0.15) is 35.8 Å². The van der Waals surface area contributed by atoms with Crippen LogP contribution in [0, 0.1) is 18.6 Å². The average Bonchev–Trinajstić information content (AvgIpc) is 3.43. The van der Waals surface area contributed by atoms with Crippen molar-refractivity contribution >= 4 is 5.82 Å². The molecule has 2 aromatic rings. The number of aromatic nitrogens is 2. The quantitative estimate of drug-likeness (QED) is 0.852. The summed E-state index contributed by atoms with van der Waals surface area (Å²) in [4.78, 5) is 13.6. The van der Waals surface area contributed by atoms with Crippen LogP contribution in [-0.4, -0.2) is 41.0 Å². The second-order valence-corrected chi connectivity index (χ2v) is 6.97. The van der Waals surface area contributed by atoms with Crippen LogP contribution in [-0.2, 0) is 6.54 Å². The Balaban J connectivity index is 1.40. The zero-order valence-electron chi connectivity index (χ0n) is 14.4. The van der Waals surface area contributed by atoms with Crippen molar-refractivity contribution in [3.8, 4) is 0 Å². The predicted octanol–water partition coefficient (Wildman–Crippen LogP) is 3.26. The van der Waals surface area contributed by atoms with Gasteiger partial charge in [0.25, 0.3) is 0 Å². The lowest BCUT2D eigenvalue weighted by Crippen LogP contribution is -2.46. The van der Waals surface area contributed by atoms with Crippen molar-refractivity contribution < 1.29 is 8.78 Å². The maximum Gasteiger partial charge on any atom is 0.132 e. The van der Waals surface area contributed by atoms with Crippen molar-refractivity contribution in [1.29, 1.82) is 0 Å². The Hall–Kier alpha value is -2.08. The number of nitrogens with zero attached hydrogens (tertiary/aromatic N) is 4. The van der Waals surface area contributed by atoms with Gasteiger partial charge in [0.15, 0.2) is 0 Å². The SMILES string of the molecule is Cc1nc(C2CC2)cc(N2CCN(Cc3cc(F)ccc3F)CC2)n1. The summed E-state index contributed by atoms with van der Waals surface area (Å²) in [6.45, 7) is 5.65. The van der Waals surface area contributed by atoms with E-state index in [2.05, 4.69) is 25.8 Å². The highest BCUT2D eigenvalue weighted by molar-refractivity contribution is 5.42. The number of piperazine rings is 1. The number of benzene rings is 1. The number of hydrogen-bond donors (Lipinski definition) is 0. The molecule has 0 amide bonds. The van der Waals surface area contributed by atoms with Crippen LogP contribution in [0.25, 0.3) is 0 Å². The molecule has 1 aromatic carbocycles. The second kappa shape index (κ2) is 6.67. The minimum absolute atomic E-state index is 0.343. The summed E-state index contributed by atoms with van der Waals surface area (Å²) in [6.07, 6.45) is 2.45. The van der Waals surface area contributed by atoms with E-state index in [0.29, 0.717) is 18.0 Å². The van der Waals surface area contributed by atoms with Crippen LogP contribution in [0.15, 0.2) is 24.3 Å². The molecule has 25 heavy (non-hydrogen) atoms. The zero-order valence-corrected chi connectivity index (χ0v) is 14.4. The molecule has 2 heterocycles. The lowest BCUT2D eigenvalue weighted by atomic mass is 10.1. The van der Waals surface area contributed by atoms with Gasteiger partial charge in [0.05, 0.1) is 0 Å². The van der Waals surface area contributed by atoms with Crippen molar-refractivity contribution in [2.24, 2.45) is 0 Å². The van der Waals surface area contributed by atoms with Gasteiger partial charge in [0.2, 0.25) is 0 Å². The molecule has 2 fully saturated rings. The maximum atomic E-state index is 13.8. The number of rotatable bonds is 4. The van der Waals surface area contributed by atoms with Gasteiger partial charge in [-0.05, 0) is 38.0 Å². The molecule has 1 aliphatic heterocycles. The Labute approximate surface area is 146 Å². The van der Waals surface area contributed by atoms with E-state index in [4.69, 9.17) is 0 Å². The van der Waals surface area contributed by atoms with Gasteiger partial charge in [0, 0.05) is 56.0 Å². The molecule has 1 aliphatic carbocycles. The van der Waals surface area contributed by atoms with E-state index in [0.717, 1.165) is 49.6 Å². The fourth-order valence-corrected chi connectivity index (χ4v) is 3.37. The van der Waals surface area contributed by atoms with E-state index in [9.17, 15) is 8.78 Å². The van der Waals surface area contributed by atoms with Crippen molar-refractivity contribution in [2.45, 2.75) is 32.2 Å². The minimum atomic E-state index is -0.390. The molecule has 0 atom stereocenters. The van der Waals surface area contributed by atoms with Gasteiger partial charge >= 0.3 is 0 Å². The molecule has 4 rings (SSSR count). The van der Waals surface area contributed by atoms with Gasteiger partial charge in [-0.3, -0.25) is 4.90 Å². The summed E-state index contributed by atoms with van der Waals surface area (Å²) in [5.74, 6) is 1.69. The van der Waals surface area contributed by atoms with E-state index >= 15 is 0 Å². The molecule has 0 spiro atoms. The second-order valence-electron chi connectivity index (χ2n) is 6.97. The molecule has 2 aliphatic rings. The Kier molecular flexibility index (Phi) is 4.37. The molecule has 132 valence electrons. The van der Waals surface area contributed by atoms with Gasteiger partial charge in [-0.1, -0.05) is 0 Å². The van der Waals surface area contributed by atoms with Crippen molar-refractivity contribution in [1.82, 2.24) is 14.9 Å². The smallest absolute Gasteiger partial charge is 0.132 e. The molecule has 0 N–H and O–H groups in total. The van der Waals surface area contributed by atoms with Gasteiger partial charge in [-0.25, -0.2) is 18.7 Å². The lowest BCUT2D eigenvalue weighted by Gasteiger charge is -2.35. The molecule has 0 unspecified atom stereocenters. The van der Waals surface area contributed by atoms with E-state index < -0.39 is 0 Å². The van der Waals surface area contributed by atoms with Crippen LogP contribution >= 0.6 is 0 Å². The fourth-order valence-electron chi connectivity index (χ4n) is 3.37. The average molecular weight is 344 g/mol. The summed E-state index contributed by atoms with van der Waals surface area (Å²) in [7, 11) is 0. The molecular weight excluding hydrogens is 322 g/mol. The summed E-state index contributed by atoms with van der Waals surface area (Å²) in [5.41, 5.74) is 1.58. The topological polar surface area (TPSA) is 32.3 Å². The highest BCUT2D eigenvalue weighted by Gasteiger charge is 2.27. The first-order valence-corrected chi connectivity index (χ1v) is 8.85. The molecule has 1 aromatic heterocycles. The number of halogens is 2. The standard InChI is InChI=1S/C19H22F2N4/c1-13-22-18(14-2-3-14)11-19(23-13)25-8-6-24(7-9-25)12-15-10-16(20)4-5-17(15)21/h4-5,10-11,14H,2-3,6-9,12H2,1H3. The van der Waals surface area contributed by atoms with Crippen LogP contribution < -0.4 is 4.90 Å². The predicted molar refractivity (Wildman–Crippen MR) is 92.6 cm³/mol. The Morgan fingerprint density at radius 2 is 1.80 bits per heavy atom. The molecular formula is C19H22F2N4. The first kappa shape index (κ1) is 16.4. The molecule has 1 saturated carbocycles. The van der Waals surface area contributed by atoms with Gasteiger partial charge in [0.1, 0.15) is 23.3 Å². The van der Waals surface area contributed by atoms with Crippen molar-refractivity contribution in [2.75, 3.05) is 31.1 Å². The van der Waals surface area contributed by atoms with E-state index in [-0.39, 0.29) is 11.6 Å². The van der Waals surface area contributed by atoms with Gasteiger partial charge in [-0.2, -0.15) is 0 Å². The molecule has 4 nitrogen and oxygen atoms in total. The third kappa shape index (κ3) is 3.79. The van der Waals surface area contributed by atoms with Crippen LogP contribution in [0.5, 0.6) is 0 Å². The van der Waals surface area contributed by atoms with Crippen molar-refractivity contribution in [3.05, 3.63) is 53.0 Å². The number of hydrogen-bond acceptors (Lipinski definition) is 4. The first-order valence-electron chi connectivity index (χ1n) is 8.85. The molecule has 1 saturated heterocycles. The van der Waals surface area contributed by atoms with Crippen LogP contribution in [0.2, 0.25) is 0 Å². The first-order chi connectivity index (χ1) is 12.1. The van der Waals surface area contributed by atoms with E-state index in [1.807, 2.05) is 6.92 Å². The number of aryl methyl sites for hydroxylation is 1. The lowest BCUT2D eigenvalue weighted by molar-refractivity contribution is 0.245. The minimum Gasteiger partial charge on any atom is -0.354 e. The molecule has 0 bridgehead atoms. The maximum absolute atomic E-state index is 13.8. The Morgan fingerprint density at radius 1 is 1.04 bits per heavy atom. The molecule has 0 radical (unpaired) electrons. The Bertz CT molecular complexity index is 768. The third-order valence-corrected chi connectivity index (χ3v) is 4.94. The molecule has 6 heteroatoms. The monoisotopic (exact) mass is 344 g/mol. The number of anilines is 1. The van der Waals surface area contributed by atoms with Crippen LogP contribution in [0.4, 0.5) is 14.6 Å². The normalized spacial score (nSPS) is 18.6. The van der Waals surface area contributed by atoms with E-state index in [1.54, 1.807) is 0 Å². The summed E-state index contributed by atoms with van der Waals surface area (Å²) in [6, 6.07) is 5.76. The zero-order chi connectivity index (χ0) is 17.4. The van der Waals surface area contributed by atoms with Gasteiger partial charge in [-0.15, -0.1) is 0 Å². The highest BCUT2D eigenvalue weighted by Crippen LogP contribution is 2.39. The summed E-state index contributed by atoms with van der Waals surface area (Å²) in [5, 5.41) is 0. The fraction of sp³-hybridized carbons (Fsp3) is 0.474. The summed E-state index contributed by atoms with van der Waals surface area (Å²) >= 11 is 0. The third-order valence-electron chi connectivity index (χ3n) is 4.94. The van der Waals surface area contributed by atoms with Crippen molar-refractivity contribution in [3.63, 3.8) is 0 Å².